The van der Waals surface area contributed by atoms with Crippen molar-refractivity contribution >= 4 is 11.6 Å². The smallest absolute Gasteiger partial charge is 0.0921 e. The highest BCUT2D eigenvalue weighted by molar-refractivity contribution is 6.31. The van der Waals surface area contributed by atoms with Gasteiger partial charge in [0.15, 0.2) is 0 Å². The van der Waals surface area contributed by atoms with Crippen molar-refractivity contribution in [2.75, 3.05) is 20.3 Å². The minimum Gasteiger partial charge on any atom is -0.387 e. The fraction of sp³-hybridized carbons (Fsp3) is 0.538. The van der Waals surface area contributed by atoms with Gasteiger partial charge in [-0.2, -0.15) is 0 Å². The van der Waals surface area contributed by atoms with Gasteiger partial charge in [-0.3, -0.25) is 0 Å². The van der Waals surface area contributed by atoms with Crippen molar-refractivity contribution in [2.45, 2.75) is 24.9 Å². The van der Waals surface area contributed by atoms with E-state index >= 15 is 0 Å². The van der Waals surface area contributed by atoms with Crippen LogP contribution in [0.3, 0.4) is 0 Å². The van der Waals surface area contributed by atoms with E-state index in [1.54, 1.807) is 7.11 Å². The van der Waals surface area contributed by atoms with Gasteiger partial charge in [0.1, 0.15) is 0 Å². The molecule has 0 heterocycles. The topological polar surface area (TPSA) is 55.5 Å². The number of rotatable bonds is 7. The van der Waals surface area contributed by atoms with E-state index in [0.717, 1.165) is 12.0 Å². The van der Waals surface area contributed by atoms with Crippen molar-refractivity contribution in [3.05, 3.63) is 34.9 Å². The zero-order valence-electron chi connectivity index (χ0n) is 10.2. The molecule has 1 atom stereocenters. The van der Waals surface area contributed by atoms with E-state index < -0.39 is 5.60 Å². The van der Waals surface area contributed by atoms with Crippen LogP contribution in [0.1, 0.15) is 18.4 Å². The largest absolute Gasteiger partial charge is 0.387 e. The first-order chi connectivity index (χ1) is 8.11. The van der Waals surface area contributed by atoms with Crippen LogP contribution in [0.5, 0.6) is 0 Å². The summed E-state index contributed by atoms with van der Waals surface area (Å²) in [5.74, 6) is 0. The molecule has 0 saturated carbocycles. The molecule has 1 aromatic carbocycles. The molecule has 1 aromatic rings. The number of methoxy groups -OCH3 is 1. The molecule has 0 fully saturated rings. The fourth-order valence-electron chi connectivity index (χ4n) is 1.91. The van der Waals surface area contributed by atoms with E-state index in [2.05, 4.69) is 0 Å². The average Bonchev–Trinajstić information content (AvgIpc) is 2.30. The summed E-state index contributed by atoms with van der Waals surface area (Å²) < 4.78 is 5.08. The number of nitrogens with two attached hydrogens (primary N) is 1. The molecule has 3 nitrogen and oxygen atoms in total. The maximum Gasteiger partial charge on any atom is 0.0921 e. The molecule has 0 bridgehead atoms. The summed E-state index contributed by atoms with van der Waals surface area (Å²) in [4.78, 5) is 0. The van der Waals surface area contributed by atoms with Crippen molar-refractivity contribution in [2.24, 2.45) is 5.73 Å². The first kappa shape index (κ1) is 14.5. The molecule has 0 spiro atoms. The lowest BCUT2D eigenvalue weighted by atomic mass is 9.90. The van der Waals surface area contributed by atoms with Gasteiger partial charge in [-0.1, -0.05) is 29.8 Å². The third kappa shape index (κ3) is 4.64. The average molecular weight is 258 g/mol. The van der Waals surface area contributed by atoms with Crippen LogP contribution < -0.4 is 5.73 Å². The zero-order valence-corrected chi connectivity index (χ0v) is 10.9. The highest BCUT2D eigenvalue weighted by Crippen LogP contribution is 2.24. The van der Waals surface area contributed by atoms with Crippen LogP contribution in [0.2, 0.25) is 5.02 Å². The quantitative estimate of drug-likeness (QED) is 0.786. The summed E-state index contributed by atoms with van der Waals surface area (Å²) in [6.07, 6.45) is 1.87. The number of halogens is 1. The van der Waals surface area contributed by atoms with Crippen LogP contribution in [0.4, 0.5) is 0 Å². The minimum atomic E-state index is -0.890. The normalized spacial score (nSPS) is 14.6. The first-order valence-corrected chi connectivity index (χ1v) is 6.14. The molecule has 0 amide bonds. The van der Waals surface area contributed by atoms with Crippen LogP contribution in [0, 0.1) is 0 Å². The molecule has 0 aromatic heterocycles. The van der Waals surface area contributed by atoms with Gasteiger partial charge in [-0.05, 0) is 31.0 Å². The van der Waals surface area contributed by atoms with E-state index in [1.165, 1.54) is 0 Å². The third-order valence-electron chi connectivity index (χ3n) is 2.74. The minimum absolute atomic E-state index is 0.290. The Kier molecular flexibility index (Phi) is 5.92. The van der Waals surface area contributed by atoms with Crippen LogP contribution >= 0.6 is 11.6 Å². The summed E-state index contributed by atoms with van der Waals surface area (Å²) in [6, 6.07) is 7.54. The Balaban J connectivity index is 2.75. The molecule has 3 N–H and O–H groups in total. The van der Waals surface area contributed by atoms with Crippen molar-refractivity contribution in [3.8, 4) is 0 Å². The van der Waals surface area contributed by atoms with Crippen LogP contribution in [-0.2, 0) is 11.2 Å². The lowest BCUT2D eigenvalue weighted by Crippen LogP contribution is -2.37. The maximum absolute atomic E-state index is 10.5. The molecule has 0 aliphatic heterocycles. The second-order valence-electron chi connectivity index (χ2n) is 4.32. The summed E-state index contributed by atoms with van der Waals surface area (Å²) >= 11 is 6.09. The van der Waals surface area contributed by atoms with Crippen molar-refractivity contribution in [1.82, 2.24) is 0 Å². The summed E-state index contributed by atoms with van der Waals surface area (Å²) in [5, 5.41) is 11.2. The van der Waals surface area contributed by atoms with Gasteiger partial charge in [-0.15, -0.1) is 0 Å². The van der Waals surface area contributed by atoms with Crippen LogP contribution in [0.15, 0.2) is 24.3 Å². The highest BCUT2D eigenvalue weighted by atomic mass is 35.5. The zero-order chi connectivity index (χ0) is 12.7. The van der Waals surface area contributed by atoms with Gasteiger partial charge in [0.2, 0.25) is 0 Å². The van der Waals surface area contributed by atoms with Crippen molar-refractivity contribution in [1.29, 1.82) is 0 Å². The molecular formula is C13H20ClNO2. The van der Waals surface area contributed by atoms with Gasteiger partial charge < -0.3 is 15.6 Å². The molecule has 0 saturated heterocycles. The Morgan fingerprint density at radius 1 is 1.41 bits per heavy atom. The molecule has 1 rings (SSSR count). The highest BCUT2D eigenvalue weighted by Gasteiger charge is 2.27. The summed E-state index contributed by atoms with van der Waals surface area (Å²) in [6.45, 7) is 0.854. The Bertz CT molecular complexity index is 346. The molecule has 0 aliphatic rings. The van der Waals surface area contributed by atoms with Crippen LogP contribution in [-0.4, -0.2) is 31.0 Å². The predicted octanol–water partition coefficient (Wildman–Crippen LogP) is 2.00. The van der Waals surface area contributed by atoms with E-state index in [0.29, 0.717) is 24.4 Å². The second kappa shape index (κ2) is 6.97. The molecule has 1 unspecified atom stereocenters. The molecular weight excluding hydrogens is 238 g/mol. The molecule has 17 heavy (non-hydrogen) atoms. The number of ether oxygens (including phenoxy) is 1. The number of hydrogen-bond acceptors (Lipinski definition) is 3. The molecule has 0 aliphatic carbocycles. The van der Waals surface area contributed by atoms with Crippen molar-refractivity contribution in [3.63, 3.8) is 0 Å². The predicted molar refractivity (Wildman–Crippen MR) is 70.3 cm³/mol. The molecule has 96 valence electrons. The number of benzene rings is 1. The molecule has 0 radical (unpaired) electrons. The lowest BCUT2D eigenvalue weighted by Gasteiger charge is -2.27. The first-order valence-electron chi connectivity index (χ1n) is 5.76. The SMILES string of the molecule is COCC(O)(CCCN)Cc1ccccc1Cl. The van der Waals surface area contributed by atoms with Gasteiger partial charge in [-0.25, -0.2) is 0 Å². The Labute approximate surface area is 108 Å². The van der Waals surface area contributed by atoms with E-state index in [9.17, 15) is 5.11 Å². The third-order valence-corrected chi connectivity index (χ3v) is 3.11. The maximum atomic E-state index is 10.5. The summed E-state index contributed by atoms with van der Waals surface area (Å²) in [7, 11) is 1.58. The van der Waals surface area contributed by atoms with Gasteiger partial charge in [0.05, 0.1) is 12.2 Å². The van der Waals surface area contributed by atoms with Gasteiger partial charge in [0, 0.05) is 18.6 Å². The van der Waals surface area contributed by atoms with Crippen LogP contribution in [0.25, 0.3) is 0 Å². The Morgan fingerprint density at radius 2 is 2.12 bits per heavy atom. The Hall–Kier alpha value is -0.610. The van der Waals surface area contributed by atoms with Gasteiger partial charge in [0.25, 0.3) is 0 Å². The lowest BCUT2D eigenvalue weighted by molar-refractivity contribution is -0.0375. The number of hydrogen-bond donors (Lipinski definition) is 2. The van der Waals surface area contributed by atoms with E-state index in [1.807, 2.05) is 24.3 Å². The standard InChI is InChI=1S/C13H20ClNO2/c1-17-10-13(16,7-4-8-15)9-11-5-2-3-6-12(11)14/h2-3,5-6,16H,4,7-10,15H2,1H3. The Morgan fingerprint density at radius 3 is 2.71 bits per heavy atom. The monoisotopic (exact) mass is 257 g/mol. The van der Waals surface area contributed by atoms with Crippen molar-refractivity contribution < 1.29 is 9.84 Å². The van der Waals surface area contributed by atoms with Gasteiger partial charge >= 0.3 is 0 Å². The fourth-order valence-corrected chi connectivity index (χ4v) is 2.11. The number of aliphatic hydroxyl groups is 1. The van der Waals surface area contributed by atoms with E-state index in [4.69, 9.17) is 22.1 Å². The molecule has 4 heteroatoms. The summed E-state index contributed by atoms with van der Waals surface area (Å²) in [5.41, 5.74) is 5.52. The van der Waals surface area contributed by atoms with E-state index in [-0.39, 0.29) is 6.61 Å². The second-order valence-corrected chi connectivity index (χ2v) is 4.72.